The number of hydrogen-bond acceptors (Lipinski definition) is 3. The van der Waals surface area contributed by atoms with Crippen LogP contribution in [0.25, 0.3) is 0 Å². The lowest BCUT2D eigenvalue weighted by Gasteiger charge is -2.56. The number of ether oxygens (including phenoxy) is 1. The average molecular weight is 291 g/mol. The molecule has 2 rings (SSSR count). The summed E-state index contributed by atoms with van der Waals surface area (Å²) in [5.41, 5.74) is 0.325. The molecular formula is C16H21NO4. The molecule has 3 atom stereocenters. The summed E-state index contributed by atoms with van der Waals surface area (Å²) < 4.78 is 5.45. The fourth-order valence-electron chi connectivity index (χ4n) is 3.44. The molecule has 0 aliphatic heterocycles. The minimum atomic E-state index is -1.04. The lowest BCUT2D eigenvalue weighted by molar-refractivity contribution is -0.141. The van der Waals surface area contributed by atoms with Crippen molar-refractivity contribution in [1.29, 1.82) is 0 Å². The van der Waals surface area contributed by atoms with Gasteiger partial charge in [0.25, 0.3) is 5.91 Å². The largest absolute Gasteiger partial charge is 0.478 e. The van der Waals surface area contributed by atoms with E-state index >= 15 is 0 Å². The highest BCUT2D eigenvalue weighted by atomic mass is 16.5. The van der Waals surface area contributed by atoms with E-state index in [-0.39, 0.29) is 34.9 Å². The van der Waals surface area contributed by atoms with Crippen LogP contribution in [-0.4, -0.2) is 36.2 Å². The van der Waals surface area contributed by atoms with Gasteiger partial charge >= 0.3 is 5.97 Å². The first-order chi connectivity index (χ1) is 9.78. The normalized spacial score (nSPS) is 26.8. The van der Waals surface area contributed by atoms with Crippen molar-refractivity contribution in [1.82, 2.24) is 5.32 Å². The van der Waals surface area contributed by atoms with Crippen molar-refractivity contribution < 1.29 is 19.4 Å². The molecule has 1 aliphatic rings. The van der Waals surface area contributed by atoms with Crippen LogP contribution < -0.4 is 5.32 Å². The highest BCUT2D eigenvalue weighted by Gasteiger charge is 2.55. The Balaban J connectivity index is 2.12. The number of carbonyl (C=O) groups is 2. The van der Waals surface area contributed by atoms with Crippen molar-refractivity contribution in [3.8, 4) is 0 Å². The molecule has 5 heteroatoms. The zero-order chi connectivity index (χ0) is 15.8. The van der Waals surface area contributed by atoms with Crippen LogP contribution >= 0.6 is 0 Å². The Morgan fingerprint density at radius 3 is 2.43 bits per heavy atom. The first-order valence-corrected chi connectivity index (χ1v) is 6.96. The van der Waals surface area contributed by atoms with Crippen molar-refractivity contribution in [3.63, 3.8) is 0 Å². The molecule has 114 valence electrons. The van der Waals surface area contributed by atoms with E-state index in [1.807, 2.05) is 6.92 Å². The van der Waals surface area contributed by atoms with Gasteiger partial charge in [0.1, 0.15) is 0 Å². The van der Waals surface area contributed by atoms with Gasteiger partial charge in [-0.15, -0.1) is 0 Å². The number of aromatic carboxylic acids is 1. The lowest BCUT2D eigenvalue weighted by Crippen LogP contribution is -2.67. The second kappa shape index (κ2) is 5.48. The van der Waals surface area contributed by atoms with Crippen molar-refractivity contribution in [2.24, 2.45) is 11.3 Å². The third kappa shape index (κ3) is 2.65. The maximum absolute atomic E-state index is 12.3. The second-order valence-electron chi connectivity index (χ2n) is 6.17. The first kappa shape index (κ1) is 15.5. The molecule has 0 radical (unpaired) electrons. The van der Waals surface area contributed by atoms with Crippen molar-refractivity contribution in [2.75, 3.05) is 7.11 Å². The predicted molar refractivity (Wildman–Crippen MR) is 78.4 cm³/mol. The van der Waals surface area contributed by atoms with Crippen LogP contribution in [0.5, 0.6) is 0 Å². The number of nitrogens with one attached hydrogen (secondary N) is 1. The lowest BCUT2D eigenvalue weighted by atomic mass is 9.58. The highest BCUT2D eigenvalue weighted by molar-refractivity contribution is 5.97. The van der Waals surface area contributed by atoms with Gasteiger partial charge in [0.05, 0.1) is 11.7 Å². The molecule has 1 amide bonds. The standard InChI is InChI=1S/C16H21NO4/c1-9-12(16(2,3)13(9)21-4)17-14(18)10-6-5-7-11(8-10)15(19)20/h5-9,12-13H,1-4H3,(H,17,18)(H,19,20). The van der Waals surface area contributed by atoms with Gasteiger partial charge in [0, 0.05) is 30.0 Å². The Hall–Kier alpha value is -1.88. The van der Waals surface area contributed by atoms with E-state index in [0.717, 1.165) is 0 Å². The van der Waals surface area contributed by atoms with Crippen LogP contribution in [0.15, 0.2) is 24.3 Å². The molecule has 0 spiro atoms. The van der Waals surface area contributed by atoms with E-state index in [1.165, 1.54) is 12.1 Å². The molecule has 1 aromatic carbocycles. The fourth-order valence-corrected chi connectivity index (χ4v) is 3.44. The van der Waals surface area contributed by atoms with Crippen LogP contribution in [0, 0.1) is 11.3 Å². The van der Waals surface area contributed by atoms with E-state index in [0.29, 0.717) is 5.56 Å². The van der Waals surface area contributed by atoms with Crippen LogP contribution in [0.3, 0.4) is 0 Å². The molecule has 0 aromatic heterocycles. The summed E-state index contributed by atoms with van der Waals surface area (Å²) in [5, 5.41) is 12.0. The molecule has 1 saturated carbocycles. The summed E-state index contributed by atoms with van der Waals surface area (Å²) >= 11 is 0. The molecule has 0 heterocycles. The van der Waals surface area contributed by atoms with Gasteiger partial charge in [0.2, 0.25) is 0 Å². The predicted octanol–water partition coefficient (Wildman–Crippen LogP) is 2.17. The Morgan fingerprint density at radius 2 is 1.90 bits per heavy atom. The SMILES string of the molecule is COC1C(C)C(NC(=O)c2cccc(C(=O)O)c2)C1(C)C. The highest BCUT2D eigenvalue weighted by Crippen LogP contribution is 2.46. The summed E-state index contributed by atoms with van der Waals surface area (Å²) in [7, 11) is 1.68. The number of carbonyl (C=O) groups excluding carboxylic acids is 1. The number of carboxylic acids is 1. The van der Waals surface area contributed by atoms with Crippen LogP contribution in [0.1, 0.15) is 41.5 Å². The van der Waals surface area contributed by atoms with Crippen LogP contribution in [0.4, 0.5) is 0 Å². The molecule has 2 N–H and O–H groups in total. The van der Waals surface area contributed by atoms with Gasteiger partial charge < -0.3 is 15.2 Å². The summed E-state index contributed by atoms with van der Waals surface area (Å²) in [6.07, 6.45) is 0.105. The molecule has 3 unspecified atom stereocenters. The Bertz CT molecular complexity index is 567. The van der Waals surface area contributed by atoms with Crippen molar-refractivity contribution >= 4 is 11.9 Å². The van der Waals surface area contributed by atoms with Gasteiger partial charge in [-0.05, 0) is 18.2 Å². The third-order valence-corrected chi connectivity index (χ3v) is 4.45. The Labute approximate surface area is 124 Å². The number of hydrogen-bond donors (Lipinski definition) is 2. The third-order valence-electron chi connectivity index (χ3n) is 4.45. The molecule has 21 heavy (non-hydrogen) atoms. The first-order valence-electron chi connectivity index (χ1n) is 6.96. The minimum absolute atomic E-state index is 0.00318. The minimum Gasteiger partial charge on any atom is -0.478 e. The summed E-state index contributed by atoms with van der Waals surface area (Å²) in [4.78, 5) is 23.3. The van der Waals surface area contributed by atoms with Gasteiger partial charge in [-0.3, -0.25) is 4.79 Å². The number of amides is 1. The molecule has 1 aliphatic carbocycles. The van der Waals surface area contributed by atoms with E-state index in [9.17, 15) is 9.59 Å². The molecule has 0 saturated heterocycles. The number of benzene rings is 1. The second-order valence-corrected chi connectivity index (χ2v) is 6.17. The van der Waals surface area contributed by atoms with Crippen LogP contribution in [-0.2, 0) is 4.74 Å². The van der Waals surface area contributed by atoms with Gasteiger partial charge in [0.15, 0.2) is 0 Å². The zero-order valence-electron chi connectivity index (χ0n) is 12.7. The van der Waals surface area contributed by atoms with E-state index in [2.05, 4.69) is 19.2 Å². The van der Waals surface area contributed by atoms with Crippen LogP contribution in [0.2, 0.25) is 0 Å². The van der Waals surface area contributed by atoms with E-state index < -0.39 is 5.97 Å². The number of rotatable bonds is 4. The fraction of sp³-hybridized carbons (Fsp3) is 0.500. The molecule has 1 fully saturated rings. The quantitative estimate of drug-likeness (QED) is 0.891. The van der Waals surface area contributed by atoms with E-state index in [4.69, 9.17) is 9.84 Å². The van der Waals surface area contributed by atoms with Crippen molar-refractivity contribution in [2.45, 2.75) is 32.9 Å². The summed E-state index contributed by atoms with van der Waals surface area (Å²) in [5.74, 6) is -1.07. The Morgan fingerprint density at radius 1 is 1.29 bits per heavy atom. The molecule has 5 nitrogen and oxygen atoms in total. The molecule has 0 bridgehead atoms. The van der Waals surface area contributed by atoms with Gasteiger partial charge in [-0.2, -0.15) is 0 Å². The van der Waals surface area contributed by atoms with Gasteiger partial charge in [-0.25, -0.2) is 4.79 Å². The van der Waals surface area contributed by atoms with E-state index in [1.54, 1.807) is 19.2 Å². The van der Waals surface area contributed by atoms with Crippen molar-refractivity contribution in [3.05, 3.63) is 35.4 Å². The Kier molecular flexibility index (Phi) is 4.05. The number of carboxylic acid groups (broad SMARTS) is 1. The monoisotopic (exact) mass is 291 g/mol. The smallest absolute Gasteiger partial charge is 0.335 e. The average Bonchev–Trinajstić information content (AvgIpc) is 2.44. The number of methoxy groups -OCH3 is 1. The molecular weight excluding hydrogens is 270 g/mol. The maximum atomic E-state index is 12.3. The van der Waals surface area contributed by atoms with Gasteiger partial charge in [-0.1, -0.05) is 26.8 Å². The summed E-state index contributed by atoms with van der Waals surface area (Å²) in [6, 6.07) is 6.05. The topological polar surface area (TPSA) is 75.6 Å². The maximum Gasteiger partial charge on any atom is 0.335 e. The summed E-state index contributed by atoms with van der Waals surface area (Å²) in [6.45, 7) is 6.15. The zero-order valence-corrected chi connectivity index (χ0v) is 12.7. The molecule has 1 aromatic rings.